The minimum atomic E-state index is -0.890. The quantitative estimate of drug-likeness (QED) is 0.319. The Morgan fingerprint density at radius 3 is 2.66 bits per heavy atom. The molecule has 0 spiro atoms. The van der Waals surface area contributed by atoms with Gasteiger partial charge in [0.2, 0.25) is 18.3 Å². The zero-order valence-corrected chi connectivity index (χ0v) is 20.9. The molecule has 1 aliphatic carbocycles. The minimum Gasteiger partial charge on any atom is -0.340 e. The number of fused-ring (bicyclic) bond motifs is 1. The molecule has 1 saturated heterocycles. The molecule has 3 amide bonds. The number of nitrogens with one attached hydrogen (secondary N) is 2. The molecule has 2 aliphatic rings. The molecule has 13 heteroatoms. The first kappa shape index (κ1) is 24.8. The van der Waals surface area contributed by atoms with E-state index >= 15 is 0 Å². The SMILES string of the molecule is CC(C(=O)Nc1cccc(-c2cnc(N3CC4CC4C3)nc2)n1)n1cnc(NC=O)c1C(=O)N(C)CC#N. The molecule has 38 heavy (non-hydrogen) atoms. The van der Waals surface area contributed by atoms with Crippen LogP contribution in [0.25, 0.3) is 11.3 Å². The van der Waals surface area contributed by atoms with Crippen LogP contribution in [0.5, 0.6) is 0 Å². The third kappa shape index (κ3) is 4.88. The van der Waals surface area contributed by atoms with Crippen molar-refractivity contribution in [1.29, 1.82) is 5.26 Å². The maximum absolute atomic E-state index is 13.1. The zero-order chi connectivity index (χ0) is 26.8. The molecule has 4 heterocycles. The first-order valence-electron chi connectivity index (χ1n) is 12.1. The lowest BCUT2D eigenvalue weighted by Gasteiger charge is -2.19. The first-order valence-corrected chi connectivity index (χ1v) is 12.1. The predicted octanol–water partition coefficient (Wildman–Crippen LogP) is 1.55. The van der Waals surface area contributed by atoms with Gasteiger partial charge in [-0.25, -0.2) is 19.9 Å². The summed E-state index contributed by atoms with van der Waals surface area (Å²) in [5.74, 6) is 1.56. The van der Waals surface area contributed by atoms with Gasteiger partial charge in [-0.1, -0.05) is 6.07 Å². The molecule has 3 aromatic rings. The second-order valence-electron chi connectivity index (χ2n) is 9.44. The molecule has 3 aromatic heterocycles. The number of amides is 3. The van der Waals surface area contributed by atoms with Crippen LogP contribution in [0.3, 0.4) is 0 Å². The van der Waals surface area contributed by atoms with E-state index in [1.165, 1.54) is 29.3 Å². The van der Waals surface area contributed by atoms with E-state index in [2.05, 4.69) is 35.5 Å². The summed E-state index contributed by atoms with van der Waals surface area (Å²) in [6.45, 7) is 3.42. The van der Waals surface area contributed by atoms with Crippen LogP contribution in [0.15, 0.2) is 36.9 Å². The molecule has 0 aromatic carbocycles. The molecule has 13 nitrogen and oxygen atoms in total. The van der Waals surface area contributed by atoms with Crippen molar-refractivity contribution in [2.75, 3.05) is 42.2 Å². The van der Waals surface area contributed by atoms with Gasteiger partial charge in [-0.05, 0) is 37.3 Å². The van der Waals surface area contributed by atoms with Crippen molar-refractivity contribution >= 4 is 35.8 Å². The van der Waals surface area contributed by atoms with Crippen molar-refractivity contribution in [3.63, 3.8) is 0 Å². The number of hydrogen-bond donors (Lipinski definition) is 2. The van der Waals surface area contributed by atoms with Crippen LogP contribution in [0.2, 0.25) is 0 Å². The fraction of sp³-hybridized carbons (Fsp3) is 0.360. The van der Waals surface area contributed by atoms with Gasteiger partial charge in [0.05, 0.1) is 18.1 Å². The number of aromatic nitrogens is 5. The number of nitriles is 1. The molecular formula is C25H26N10O3. The Morgan fingerprint density at radius 2 is 1.97 bits per heavy atom. The van der Waals surface area contributed by atoms with Gasteiger partial charge in [-0.15, -0.1) is 0 Å². The van der Waals surface area contributed by atoms with Gasteiger partial charge in [0.25, 0.3) is 5.91 Å². The lowest BCUT2D eigenvalue weighted by Crippen LogP contribution is -2.32. The molecule has 2 fully saturated rings. The third-order valence-electron chi connectivity index (χ3n) is 6.84. The highest BCUT2D eigenvalue weighted by atomic mass is 16.2. The van der Waals surface area contributed by atoms with Crippen LogP contribution in [-0.4, -0.2) is 74.3 Å². The molecule has 0 radical (unpaired) electrons. The number of piperidine rings is 1. The number of hydrogen-bond acceptors (Lipinski definition) is 9. The van der Waals surface area contributed by atoms with E-state index in [9.17, 15) is 14.4 Å². The van der Waals surface area contributed by atoms with Crippen molar-refractivity contribution in [3.05, 3.63) is 42.6 Å². The summed E-state index contributed by atoms with van der Waals surface area (Å²) in [5, 5.41) is 14.1. The Balaban J connectivity index is 1.31. The summed E-state index contributed by atoms with van der Waals surface area (Å²) in [6.07, 6.45) is 6.44. The molecule has 0 bridgehead atoms. The van der Waals surface area contributed by atoms with Crippen molar-refractivity contribution in [1.82, 2.24) is 29.4 Å². The van der Waals surface area contributed by atoms with E-state index in [4.69, 9.17) is 5.26 Å². The van der Waals surface area contributed by atoms with Crippen molar-refractivity contribution in [2.45, 2.75) is 19.4 Å². The molecule has 1 aliphatic heterocycles. The normalized spacial score (nSPS) is 18.2. The summed E-state index contributed by atoms with van der Waals surface area (Å²) < 4.78 is 1.34. The maximum Gasteiger partial charge on any atom is 0.275 e. The maximum atomic E-state index is 13.1. The van der Waals surface area contributed by atoms with Gasteiger partial charge in [-0.3, -0.25) is 14.4 Å². The Hall–Kier alpha value is -4.86. The highest BCUT2D eigenvalue weighted by Crippen LogP contribution is 2.45. The van der Waals surface area contributed by atoms with Crippen LogP contribution < -0.4 is 15.5 Å². The topological polar surface area (TPSA) is 162 Å². The van der Waals surface area contributed by atoms with E-state index in [1.54, 1.807) is 37.5 Å². The average molecular weight is 515 g/mol. The number of anilines is 3. The first-order chi connectivity index (χ1) is 18.4. The number of carbonyl (C=O) groups excluding carboxylic acids is 3. The van der Waals surface area contributed by atoms with Crippen molar-refractivity contribution in [2.24, 2.45) is 11.8 Å². The van der Waals surface area contributed by atoms with Crippen molar-refractivity contribution < 1.29 is 14.4 Å². The fourth-order valence-corrected chi connectivity index (χ4v) is 4.59. The summed E-state index contributed by atoms with van der Waals surface area (Å²) in [5.41, 5.74) is 1.29. The number of carbonyl (C=O) groups is 3. The van der Waals surface area contributed by atoms with Gasteiger partial charge >= 0.3 is 0 Å². The van der Waals surface area contributed by atoms with E-state index in [1.807, 2.05) is 6.07 Å². The third-order valence-corrected chi connectivity index (χ3v) is 6.84. The van der Waals surface area contributed by atoms with Crippen LogP contribution in [0.4, 0.5) is 17.6 Å². The summed E-state index contributed by atoms with van der Waals surface area (Å²) >= 11 is 0. The highest BCUT2D eigenvalue weighted by Gasteiger charge is 2.45. The lowest BCUT2D eigenvalue weighted by atomic mass is 10.2. The average Bonchev–Trinajstić information content (AvgIpc) is 3.32. The van der Waals surface area contributed by atoms with Gasteiger partial charge < -0.3 is 25.0 Å². The summed E-state index contributed by atoms with van der Waals surface area (Å²) in [4.78, 5) is 58.0. The molecule has 2 N–H and O–H groups in total. The van der Waals surface area contributed by atoms with Gasteiger partial charge in [-0.2, -0.15) is 5.26 Å². The largest absolute Gasteiger partial charge is 0.340 e. The van der Waals surface area contributed by atoms with E-state index in [0.29, 0.717) is 23.9 Å². The fourth-order valence-electron chi connectivity index (χ4n) is 4.59. The van der Waals surface area contributed by atoms with E-state index in [-0.39, 0.29) is 18.1 Å². The van der Waals surface area contributed by atoms with Crippen LogP contribution in [0.1, 0.15) is 29.9 Å². The number of imidazole rings is 1. The second-order valence-corrected chi connectivity index (χ2v) is 9.44. The number of nitrogens with zero attached hydrogens (tertiary/aromatic N) is 8. The monoisotopic (exact) mass is 514 g/mol. The number of rotatable bonds is 9. The Kier molecular flexibility index (Phi) is 6.69. The molecule has 3 atom stereocenters. The van der Waals surface area contributed by atoms with Gasteiger partial charge in [0, 0.05) is 38.1 Å². The summed E-state index contributed by atoms with van der Waals surface area (Å²) in [6, 6.07) is 6.22. The molecular weight excluding hydrogens is 488 g/mol. The molecule has 194 valence electrons. The zero-order valence-electron chi connectivity index (χ0n) is 20.9. The lowest BCUT2D eigenvalue weighted by molar-refractivity contribution is -0.118. The van der Waals surface area contributed by atoms with Gasteiger partial charge in [0.1, 0.15) is 18.4 Å². The standard InChI is InChI=1S/C25H26N10O3/c1-15(35-13-29-22(30-14-36)21(35)24(38)33(2)7-6-26)23(37)32-20-5-3-4-19(31-20)18-9-27-25(28-10-18)34-11-16-8-17(16)12-34/h3-5,9-10,13-17H,7-8,11-12H2,1-2H3,(H,30,36)(H,31,32,37). The van der Waals surface area contributed by atoms with E-state index < -0.39 is 17.9 Å². The van der Waals surface area contributed by atoms with Crippen LogP contribution in [0, 0.1) is 23.2 Å². The predicted molar refractivity (Wildman–Crippen MR) is 137 cm³/mol. The molecule has 3 unspecified atom stereocenters. The highest BCUT2D eigenvalue weighted by molar-refractivity contribution is 6.00. The molecule has 5 rings (SSSR count). The van der Waals surface area contributed by atoms with Crippen LogP contribution in [-0.2, 0) is 9.59 Å². The smallest absolute Gasteiger partial charge is 0.275 e. The van der Waals surface area contributed by atoms with Crippen molar-refractivity contribution in [3.8, 4) is 17.3 Å². The summed E-state index contributed by atoms with van der Waals surface area (Å²) in [7, 11) is 1.44. The number of pyridine rings is 1. The Labute approximate surface area is 218 Å². The Bertz CT molecular complexity index is 1400. The Morgan fingerprint density at radius 1 is 1.24 bits per heavy atom. The second kappa shape index (κ2) is 10.3. The van der Waals surface area contributed by atoms with E-state index in [0.717, 1.165) is 30.5 Å². The van der Waals surface area contributed by atoms with Crippen LogP contribution >= 0.6 is 0 Å². The minimum absolute atomic E-state index is 0.0102. The molecule has 1 saturated carbocycles. The van der Waals surface area contributed by atoms with Gasteiger partial charge in [0.15, 0.2) is 11.5 Å².